The highest BCUT2D eigenvalue weighted by atomic mass is 19.4. The number of carbonyl (C=O) groups excluding carboxylic acids is 2. The van der Waals surface area contributed by atoms with Gasteiger partial charge in [-0.15, -0.1) is 0 Å². The number of benzene rings is 1. The lowest BCUT2D eigenvalue weighted by Crippen LogP contribution is -2.18. The molecule has 3 rings (SSSR count). The summed E-state index contributed by atoms with van der Waals surface area (Å²) < 4.78 is 51.2. The number of amides is 1. The Labute approximate surface area is 168 Å². The number of aromatic nitrogens is 2. The quantitative estimate of drug-likeness (QED) is 0.475. The van der Waals surface area contributed by atoms with Crippen LogP contribution in [0.4, 0.5) is 18.9 Å². The van der Waals surface area contributed by atoms with Gasteiger partial charge < -0.3 is 14.5 Å². The lowest BCUT2D eigenvalue weighted by Gasteiger charge is -2.13. The lowest BCUT2D eigenvalue weighted by molar-refractivity contribution is -0.143. The van der Waals surface area contributed by atoms with Gasteiger partial charge in [0.2, 0.25) is 5.91 Å². The van der Waals surface area contributed by atoms with Crippen molar-refractivity contribution in [3.63, 3.8) is 0 Å². The van der Waals surface area contributed by atoms with Gasteiger partial charge in [-0.05, 0) is 43.3 Å². The Bertz CT molecular complexity index is 1070. The maximum absolute atomic E-state index is 13.6. The predicted molar refractivity (Wildman–Crippen MR) is 101 cm³/mol. The van der Waals surface area contributed by atoms with E-state index in [0.717, 1.165) is 6.20 Å². The van der Waals surface area contributed by atoms with Gasteiger partial charge >= 0.3 is 12.1 Å². The van der Waals surface area contributed by atoms with Crippen molar-refractivity contribution < 1.29 is 31.9 Å². The fraction of sp³-hybridized carbons (Fsp3) is 0.150. The molecule has 0 saturated heterocycles. The standard InChI is InChI=1S/C20H16F3N3O4/c1-2-29-19(28)16-12-24-26(18(16)20(21,22)23)14-6-3-5-13(11-14)25-17(27)9-8-15-7-4-10-30-15/h3-12H,2H2,1H3,(H,25,27)/b9-8+. The number of anilines is 1. The molecule has 30 heavy (non-hydrogen) atoms. The smallest absolute Gasteiger partial charge is 0.434 e. The number of hydrogen-bond donors (Lipinski definition) is 1. The Morgan fingerprint density at radius 3 is 2.73 bits per heavy atom. The molecule has 3 aromatic rings. The van der Waals surface area contributed by atoms with Gasteiger partial charge in [0.15, 0.2) is 5.69 Å². The number of furan rings is 1. The third-order valence-electron chi connectivity index (χ3n) is 3.83. The zero-order valence-corrected chi connectivity index (χ0v) is 15.6. The molecular formula is C20H16F3N3O4. The molecule has 1 aromatic carbocycles. The highest BCUT2D eigenvalue weighted by molar-refractivity contribution is 6.01. The van der Waals surface area contributed by atoms with Crippen molar-refractivity contribution in [2.45, 2.75) is 13.1 Å². The molecule has 1 amide bonds. The topological polar surface area (TPSA) is 86.4 Å². The monoisotopic (exact) mass is 419 g/mol. The highest BCUT2D eigenvalue weighted by Crippen LogP contribution is 2.34. The number of alkyl halides is 3. The molecule has 0 aliphatic carbocycles. The Hall–Kier alpha value is -3.82. The highest BCUT2D eigenvalue weighted by Gasteiger charge is 2.41. The largest absolute Gasteiger partial charge is 0.465 e. The maximum Gasteiger partial charge on any atom is 0.434 e. The summed E-state index contributed by atoms with van der Waals surface area (Å²) in [6.07, 6.45) is 0.0647. The fourth-order valence-corrected chi connectivity index (χ4v) is 2.62. The molecule has 2 heterocycles. The van der Waals surface area contributed by atoms with E-state index in [1.807, 2.05) is 0 Å². The molecule has 0 fully saturated rings. The first-order chi connectivity index (χ1) is 14.3. The van der Waals surface area contributed by atoms with Crippen molar-refractivity contribution in [1.82, 2.24) is 9.78 Å². The first-order valence-corrected chi connectivity index (χ1v) is 8.75. The molecule has 0 saturated carbocycles. The number of nitrogens with one attached hydrogen (secondary N) is 1. The van der Waals surface area contributed by atoms with Gasteiger partial charge in [-0.2, -0.15) is 18.3 Å². The molecule has 7 nitrogen and oxygen atoms in total. The summed E-state index contributed by atoms with van der Waals surface area (Å²) in [7, 11) is 0. The molecule has 156 valence electrons. The van der Waals surface area contributed by atoms with Crippen LogP contribution in [0.2, 0.25) is 0 Å². The minimum Gasteiger partial charge on any atom is -0.465 e. The maximum atomic E-state index is 13.6. The van der Waals surface area contributed by atoms with Gasteiger partial charge in [-0.3, -0.25) is 4.79 Å². The van der Waals surface area contributed by atoms with Crippen molar-refractivity contribution in [2.75, 3.05) is 11.9 Å². The van der Waals surface area contributed by atoms with Crippen LogP contribution in [0.25, 0.3) is 11.8 Å². The van der Waals surface area contributed by atoms with Gasteiger partial charge in [0.1, 0.15) is 11.3 Å². The molecule has 0 bridgehead atoms. The minimum absolute atomic E-state index is 0.00527. The SMILES string of the molecule is CCOC(=O)c1cnn(-c2cccc(NC(=O)/C=C/c3ccco3)c2)c1C(F)(F)F. The molecule has 0 aliphatic heterocycles. The van der Waals surface area contributed by atoms with E-state index in [0.29, 0.717) is 10.4 Å². The number of ether oxygens (including phenoxy) is 1. The summed E-state index contributed by atoms with van der Waals surface area (Å²) in [6.45, 7) is 1.41. The summed E-state index contributed by atoms with van der Waals surface area (Å²) in [6, 6.07) is 8.94. The number of hydrogen-bond acceptors (Lipinski definition) is 5. The summed E-state index contributed by atoms with van der Waals surface area (Å²) in [4.78, 5) is 23.9. The van der Waals surface area contributed by atoms with Gasteiger partial charge in [-0.25, -0.2) is 9.48 Å². The third-order valence-corrected chi connectivity index (χ3v) is 3.83. The third kappa shape index (κ3) is 4.77. The zero-order valence-electron chi connectivity index (χ0n) is 15.6. The molecule has 0 unspecified atom stereocenters. The molecule has 0 spiro atoms. The van der Waals surface area contributed by atoms with Crippen LogP contribution in [0, 0.1) is 0 Å². The summed E-state index contributed by atoms with van der Waals surface area (Å²) in [5.74, 6) is -1.16. The number of rotatable bonds is 6. The molecular weight excluding hydrogens is 403 g/mol. The number of esters is 1. The van der Waals surface area contributed by atoms with E-state index in [9.17, 15) is 22.8 Å². The molecule has 0 aliphatic rings. The van der Waals surface area contributed by atoms with Crippen LogP contribution in [-0.2, 0) is 15.7 Å². The Morgan fingerprint density at radius 2 is 2.07 bits per heavy atom. The van der Waals surface area contributed by atoms with E-state index in [4.69, 9.17) is 4.42 Å². The van der Waals surface area contributed by atoms with E-state index < -0.39 is 29.3 Å². The molecule has 1 N–H and O–H groups in total. The van der Waals surface area contributed by atoms with Crippen molar-refractivity contribution in [2.24, 2.45) is 0 Å². The zero-order chi connectivity index (χ0) is 21.7. The second kappa shape index (κ2) is 8.68. The number of carbonyl (C=O) groups is 2. The van der Waals surface area contributed by atoms with Gasteiger partial charge in [0.05, 0.1) is 24.8 Å². The second-order valence-electron chi connectivity index (χ2n) is 5.93. The van der Waals surface area contributed by atoms with Crippen molar-refractivity contribution in [3.05, 3.63) is 72.0 Å². The average Bonchev–Trinajstić information content (AvgIpc) is 3.36. The van der Waals surface area contributed by atoms with Crippen LogP contribution in [0.3, 0.4) is 0 Å². The number of halogens is 3. The van der Waals surface area contributed by atoms with E-state index >= 15 is 0 Å². The van der Waals surface area contributed by atoms with Crippen LogP contribution in [0.15, 0.2) is 59.4 Å². The second-order valence-corrected chi connectivity index (χ2v) is 5.93. The Morgan fingerprint density at radius 1 is 1.27 bits per heavy atom. The molecule has 2 aromatic heterocycles. The lowest BCUT2D eigenvalue weighted by atomic mass is 10.2. The Kier molecular flexibility index (Phi) is 6.05. The van der Waals surface area contributed by atoms with Crippen LogP contribution < -0.4 is 5.32 Å². The Balaban J connectivity index is 1.88. The van der Waals surface area contributed by atoms with Gasteiger partial charge in [0, 0.05) is 11.8 Å². The van der Waals surface area contributed by atoms with E-state index in [-0.39, 0.29) is 18.0 Å². The van der Waals surface area contributed by atoms with E-state index in [1.165, 1.54) is 49.6 Å². The van der Waals surface area contributed by atoms with Crippen molar-refractivity contribution >= 4 is 23.6 Å². The van der Waals surface area contributed by atoms with E-state index in [1.54, 1.807) is 12.1 Å². The van der Waals surface area contributed by atoms with Crippen LogP contribution in [0.1, 0.15) is 28.7 Å². The summed E-state index contributed by atoms with van der Waals surface area (Å²) >= 11 is 0. The fourth-order valence-electron chi connectivity index (χ4n) is 2.62. The van der Waals surface area contributed by atoms with Crippen molar-refractivity contribution in [1.29, 1.82) is 0 Å². The summed E-state index contributed by atoms with van der Waals surface area (Å²) in [5, 5.41) is 6.24. The summed E-state index contributed by atoms with van der Waals surface area (Å²) in [5.41, 5.74) is -1.71. The van der Waals surface area contributed by atoms with Gasteiger partial charge in [-0.1, -0.05) is 6.07 Å². The van der Waals surface area contributed by atoms with Gasteiger partial charge in [0.25, 0.3) is 0 Å². The predicted octanol–water partition coefficient (Wildman–Crippen LogP) is 4.31. The van der Waals surface area contributed by atoms with Crippen LogP contribution in [0.5, 0.6) is 0 Å². The number of nitrogens with zero attached hydrogens (tertiary/aromatic N) is 2. The molecule has 0 atom stereocenters. The first-order valence-electron chi connectivity index (χ1n) is 8.75. The molecule has 10 heteroatoms. The first kappa shape index (κ1) is 20.9. The van der Waals surface area contributed by atoms with E-state index in [2.05, 4.69) is 15.2 Å². The minimum atomic E-state index is -4.86. The molecule has 0 radical (unpaired) electrons. The van der Waals surface area contributed by atoms with Crippen LogP contribution in [-0.4, -0.2) is 28.3 Å². The average molecular weight is 419 g/mol. The van der Waals surface area contributed by atoms with Crippen LogP contribution >= 0.6 is 0 Å². The van der Waals surface area contributed by atoms with Crippen molar-refractivity contribution in [3.8, 4) is 5.69 Å². The normalized spacial score (nSPS) is 11.6.